The second-order valence-corrected chi connectivity index (χ2v) is 4.86. The Kier molecular flexibility index (Phi) is 3.41. The van der Waals surface area contributed by atoms with Crippen LogP contribution >= 0.6 is 0 Å². The number of carbonyl (C=O) groups is 2. The second kappa shape index (κ2) is 5.41. The van der Waals surface area contributed by atoms with Gasteiger partial charge in [-0.25, -0.2) is 4.79 Å². The van der Waals surface area contributed by atoms with Crippen LogP contribution in [0.1, 0.15) is 5.76 Å². The molecule has 3 amide bonds. The van der Waals surface area contributed by atoms with Crippen LogP contribution in [0.3, 0.4) is 0 Å². The van der Waals surface area contributed by atoms with Crippen molar-refractivity contribution in [2.24, 2.45) is 0 Å². The number of likely N-dealkylation sites (N-methyl/N-ethyl adjacent to an activating group) is 1. The van der Waals surface area contributed by atoms with Crippen LogP contribution in [-0.2, 0) is 4.79 Å². The Hall–Kier alpha value is -3.42. The minimum Gasteiger partial charge on any atom is -0.457 e. The fourth-order valence-corrected chi connectivity index (χ4v) is 2.10. The third-order valence-electron chi connectivity index (χ3n) is 3.36. The molecule has 1 fully saturated rings. The van der Waals surface area contributed by atoms with Crippen LogP contribution in [0.2, 0.25) is 0 Å². The molecule has 0 bridgehead atoms. The number of carbonyl (C=O) groups excluding carboxylic acids is 2. The minimum atomic E-state index is -0.497. The predicted octanol–water partition coefficient (Wildman–Crippen LogP) is 2.38. The van der Waals surface area contributed by atoms with Gasteiger partial charge in [-0.1, -0.05) is 0 Å². The summed E-state index contributed by atoms with van der Waals surface area (Å²) in [4.78, 5) is 34.3. The number of nitrogens with zero attached hydrogens (tertiary/aromatic N) is 2. The number of amides is 3. The highest BCUT2D eigenvalue weighted by molar-refractivity contribution is 6.13. The fraction of sp³-hybridized carbons (Fsp3) is 0.0667. The van der Waals surface area contributed by atoms with Crippen molar-refractivity contribution in [3.63, 3.8) is 0 Å². The lowest BCUT2D eigenvalue weighted by atomic mass is 10.1. The summed E-state index contributed by atoms with van der Waals surface area (Å²) in [6.07, 6.45) is 1.43. The smallest absolute Gasteiger partial charge is 0.328 e. The van der Waals surface area contributed by atoms with Crippen molar-refractivity contribution in [1.82, 2.24) is 10.2 Å². The van der Waals surface area contributed by atoms with E-state index >= 15 is 0 Å². The van der Waals surface area contributed by atoms with Crippen LogP contribution in [0, 0.1) is 10.1 Å². The Morgan fingerprint density at radius 2 is 1.87 bits per heavy atom. The van der Waals surface area contributed by atoms with E-state index in [9.17, 15) is 19.7 Å². The average Bonchev–Trinajstić information content (AvgIpc) is 3.09. The standard InChI is InChI=1S/C15H11N3O5/c1-17-14(19)12(16-15(17)20)8-11-6-7-13(23-11)9-2-4-10(5-3-9)18(21)22/h2-8H,1H3,(H,16,20)/b12-8-. The van der Waals surface area contributed by atoms with Crippen LogP contribution in [0.4, 0.5) is 10.5 Å². The molecule has 0 aliphatic carbocycles. The van der Waals surface area contributed by atoms with Gasteiger partial charge in [0, 0.05) is 30.8 Å². The van der Waals surface area contributed by atoms with Crippen LogP contribution in [0.5, 0.6) is 0 Å². The molecule has 0 saturated carbocycles. The van der Waals surface area contributed by atoms with Crippen molar-refractivity contribution in [2.45, 2.75) is 0 Å². The molecule has 8 heteroatoms. The van der Waals surface area contributed by atoms with E-state index in [0.29, 0.717) is 17.1 Å². The lowest BCUT2D eigenvalue weighted by molar-refractivity contribution is -0.384. The van der Waals surface area contributed by atoms with Crippen LogP contribution in [0.15, 0.2) is 46.5 Å². The van der Waals surface area contributed by atoms with Gasteiger partial charge in [0.15, 0.2) is 0 Å². The number of nitrogens with one attached hydrogen (secondary N) is 1. The van der Waals surface area contributed by atoms with Gasteiger partial charge in [0.2, 0.25) is 0 Å². The Morgan fingerprint density at radius 1 is 1.17 bits per heavy atom. The third-order valence-corrected chi connectivity index (χ3v) is 3.36. The quantitative estimate of drug-likeness (QED) is 0.405. The Labute approximate surface area is 130 Å². The predicted molar refractivity (Wildman–Crippen MR) is 80.1 cm³/mol. The van der Waals surface area contributed by atoms with E-state index in [1.807, 2.05) is 0 Å². The first-order chi connectivity index (χ1) is 11.0. The number of hydrogen-bond donors (Lipinski definition) is 1. The highest BCUT2D eigenvalue weighted by atomic mass is 16.6. The molecule has 2 aromatic rings. The van der Waals surface area contributed by atoms with Gasteiger partial charge in [-0.05, 0) is 24.3 Å². The van der Waals surface area contributed by atoms with Crippen molar-refractivity contribution >= 4 is 23.7 Å². The molecular formula is C15H11N3O5. The molecule has 3 rings (SSSR count). The van der Waals surface area contributed by atoms with Gasteiger partial charge in [0.05, 0.1) is 4.92 Å². The molecule has 2 heterocycles. The summed E-state index contributed by atoms with van der Waals surface area (Å²) in [6, 6.07) is 8.73. The molecule has 116 valence electrons. The number of rotatable bonds is 3. The maximum absolute atomic E-state index is 11.8. The third kappa shape index (κ3) is 2.69. The number of imide groups is 1. The van der Waals surface area contributed by atoms with Gasteiger partial charge >= 0.3 is 6.03 Å². The summed E-state index contributed by atoms with van der Waals surface area (Å²) < 4.78 is 5.58. The van der Waals surface area contributed by atoms with Gasteiger partial charge in [-0.3, -0.25) is 19.8 Å². The maximum atomic E-state index is 11.8. The number of non-ortho nitro benzene ring substituents is 1. The zero-order valence-electron chi connectivity index (χ0n) is 12.0. The molecular weight excluding hydrogens is 302 g/mol. The Morgan fingerprint density at radius 3 is 2.43 bits per heavy atom. The van der Waals surface area contributed by atoms with Crippen molar-refractivity contribution in [1.29, 1.82) is 0 Å². The number of urea groups is 1. The summed E-state index contributed by atoms with van der Waals surface area (Å²) in [5, 5.41) is 13.1. The van der Waals surface area contributed by atoms with Gasteiger partial charge in [-0.2, -0.15) is 0 Å². The topological polar surface area (TPSA) is 106 Å². The molecule has 0 spiro atoms. The highest BCUT2D eigenvalue weighted by Gasteiger charge is 2.30. The van der Waals surface area contributed by atoms with E-state index in [1.54, 1.807) is 24.3 Å². The lowest BCUT2D eigenvalue weighted by Crippen LogP contribution is -2.25. The molecule has 1 saturated heterocycles. The van der Waals surface area contributed by atoms with Crippen molar-refractivity contribution in [3.8, 4) is 11.3 Å². The monoisotopic (exact) mass is 313 g/mol. The Bertz CT molecular complexity index is 835. The summed E-state index contributed by atoms with van der Waals surface area (Å²) >= 11 is 0. The number of nitro groups is 1. The maximum Gasteiger partial charge on any atom is 0.328 e. The summed E-state index contributed by atoms with van der Waals surface area (Å²) in [5.74, 6) is 0.442. The molecule has 1 aliphatic heterocycles. The minimum absolute atomic E-state index is 0.00931. The summed E-state index contributed by atoms with van der Waals surface area (Å²) in [5.41, 5.74) is 0.784. The first kappa shape index (κ1) is 14.5. The largest absolute Gasteiger partial charge is 0.457 e. The van der Waals surface area contributed by atoms with Gasteiger partial charge in [0.25, 0.3) is 11.6 Å². The zero-order chi connectivity index (χ0) is 16.6. The van der Waals surface area contributed by atoms with E-state index < -0.39 is 16.9 Å². The lowest BCUT2D eigenvalue weighted by Gasteiger charge is -1.99. The first-order valence-electron chi connectivity index (χ1n) is 6.61. The number of nitro benzene ring substituents is 1. The van der Waals surface area contributed by atoms with Crippen LogP contribution < -0.4 is 5.32 Å². The van der Waals surface area contributed by atoms with Gasteiger partial charge in [0.1, 0.15) is 17.2 Å². The van der Waals surface area contributed by atoms with E-state index in [4.69, 9.17) is 4.42 Å². The molecule has 0 unspecified atom stereocenters. The van der Waals surface area contributed by atoms with Crippen LogP contribution in [0.25, 0.3) is 17.4 Å². The number of benzene rings is 1. The van der Waals surface area contributed by atoms with Crippen LogP contribution in [-0.4, -0.2) is 28.8 Å². The molecule has 1 aromatic heterocycles. The van der Waals surface area contributed by atoms with E-state index in [2.05, 4.69) is 5.32 Å². The van der Waals surface area contributed by atoms with Crippen molar-refractivity contribution < 1.29 is 18.9 Å². The van der Waals surface area contributed by atoms with E-state index in [1.165, 1.54) is 25.3 Å². The second-order valence-electron chi connectivity index (χ2n) is 4.86. The summed E-state index contributed by atoms with van der Waals surface area (Å²) in [7, 11) is 1.38. The molecule has 1 aliphatic rings. The zero-order valence-corrected chi connectivity index (χ0v) is 12.0. The SMILES string of the molecule is CN1C(=O)N/C(=C\c2ccc(-c3ccc([N+](=O)[O-])cc3)o2)C1=O. The van der Waals surface area contributed by atoms with Crippen molar-refractivity contribution in [3.05, 3.63) is 58.0 Å². The number of furan rings is 1. The molecule has 1 N–H and O–H groups in total. The molecule has 1 aromatic carbocycles. The van der Waals surface area contributed by atoms with Gasteiger partial charge in [-0.15, -0.1) is 0 Å². The molecule has 23 heavy (non-hydrogen) atoms. The average molecular weight is 313 g/mol. The normalized spacial score (nSPS) is 16.0. The molecule has 0 atom stereocenters. The first-order valence-corrected chi connectivity index (χ1v) is 6.61. The van der Waals surface area contributed by atoms with Gasteiger partial charge < -0.3 is 9.73 Å². The molecule has 8 nitrogen and oxygen atoms in total. The fourth-order valence-electron chi connectivity index (χ4n) is 2.10. The van der Waals surface area contributed by atoms with E-state index in [-0.39, 0.29) is 11.4 Å². The Balaban J connectivity index is 1.85. The molecule has 0 radical (unpaired) electrons. The van der Waals surface area contributed by atoms with E-state index in [0.717, 1.165) is 4.90 Å². The summed E-state index contributed by atoms with van der Waals surface area (Å²) in [6.45, 7) is 0. The number of hydrogen-bond acceptors (Lipinski definition) is 5. The highest BCUT2D eigenvalue weighted by Crippen LogP contribution is 2.25. The van der Waals surface area contributed by atoms with Crippen molar-refractivity contribution in [2.75, 3.05) is 7.05 Å².